The summed E-state index contributed by atoms with van der Waals surface area (Å²) in [6, 6.07) is 13.3. The molecule has 3 rings (SSSR count). The van der Waals surface area contributed by atoms with Gasteiger partial charge in [0.25, 0.3) is 0 Å². The first-order valence-electron chi connectivity index (χ1n) is 6.40. The van der Waals surface area contributed by atoms with Crippen LogP contribution in [0.1, 0.15) is 11.1 Å². The second-order valence-corrected chi connectivity index (χ2v) is 5.55. The summed E-state index contributed by atoms with van der Waals surface area (Å²) in [5.41, 5.74) is 8.82. The smallest absolute Gasteiger partial charge is 0.137 e. The Hall–Kier alpha value is -1.65. The van der Waals surface area contributed by atoms with Crippen LogP contribution in [-0.2, 0) is 13.1 Å². The molecular weight excluding hydrogens is 319 g/mol. The Kier molecular flexibility index (Phi) is 3.59. The van der Waals surface area contributed by atoms with Gasteiger partial charge in [-0.2, -0.15) is 0 Å². The zero-order chi connectivity index (χ0) is 14.1. The van der Waals surface area contributed by atoms with E-state index in [1.165, 1.54) is 6.07 Å². The summed E-state index contributed by atoms with van der Waals surface area (Å²) >= 11 is 3.31. The van der Waals surface area contributed by atoms with Crippen molar-refractivity contribution >= 4 is 26.8 Å². The Morgan fingerprint density at radius 2 is 2.00 bits per heavy atom. The lowest BCUT2D eigenvalue weighted by atomic mass is 10.1. The lowest BCUT2D eigenvalue weighted by Gasteiger charge is -2.09. The number of benzene rings is 2. The maximum absolute atomic E-state index is 13.6. The molecule has 2 N–H and O–H groups in total. The Balaban J connectivity index is 2.04. The molecule has 102 valence electrons. The summed E-state index contributed by atoms with van der Waals surface area (Å²) in [6.07, 6.45) is 2.02. The van der Waals surface area contributed by atoms with E-state index in [0.717, 1.165) is 22.0 Å². The molecule has 2 aromatic carbocycles. The van der Waals surface area contributed by atoms with Crippen LogP contribution in [-0.4, -0.2) is 4.57 Å². The summed E-state index contributed by atoms with van der Waals surface area (Å²) in [6.45, 7) is 1.14. The van der Waals surface area contributed by atoms with Gasteiger partial charge in [0.15, 0.2) is 0 Å². The fourth-order valence-electron chi connectivity index (χ4n) is 2.35. The van der Waals surface area contributed by atoms with Gasteiger partial charge in [0, 0.05) is 24.8 Å². The average molecular weight is 333 g/mol. The van der Waals surface area contributed by atoms with E-state index >= 15 is 0 Å². The molecule has 2 nitrogen and oxygen atoms in total. The molecule has 0 aliphatic heterocycles. The minimum atomic E-state index is -0.235. The number of hydrogen-bond acceptors (Lipinski definition) is 1. The summed E-state index contributed by atoms with van der Waals surface area (Å²) in [4.78, 5) is 0. The van der Waals surface area contributed by atoms with E-state index in [9.17, 15) is 4.39 Å². The van der Waals surface area contributed by atoms with Crippen LogP contribution in [0.15, 0.2) is 53.1 Å². The van der Waals surface area contributed by atoms with Crippen molar-refractivity contribution in [3.63, 3.8) is 0 Å². The van der Waals surface area contributed by atoms with Gasteiger partial charge in [0.2, 0.25) is 0 Å². The molecule has 0 bridgehead atoms. The van der Waals surface area contributed by atoms with Crippen molar-refractivity contribution in [2.75, 3.05) is 0 Å². The van der Waals surface area contributed by atoms with Crippen LogP contribution >= 0.6 is 15.9 Å². The first kappa shape index (κ1) is 13.3. The number of nitrogens with two attached hydrogens (primary N) is 1. The summed E-state index contributed by atoms with van der Waals surface area (Å²) in [5, 5.41) is 1.16. The zero-order valence-electron chi connectivity index (χ0n) is 10.8. The van der Waals surface area contributed by atoms with E-state index < -0.39 is 0 Å². The van der Waals surface area contributed by atoms with E-state index in [1.54, 1.807) is 6.07 Å². The van der Waals surface area contributed by atoms with Crippen LogP contribution in [0.5, 0.6) is 0 Å². The van der Waals surface area contributed by atoms with Crippen molar-refractivity contribution in [1.29, 1.82) is 0 Å². The molecule has 0 atom stereocenters. The van der Waals surface area contributed by atoms with Gasteiger partial charge in [0.05, 0.1) is 4.47 Å². The molecule has 20 heavy (non-hydrogen) atoms. The van der Waals surface area contributed by atoms with Crippen molar-refractivity contribution in [3.05, 3.63) is 70.1 Å². The quantitative estimate of drug-likeness (QED) is 0.770. The van der Waals surface area contributed by atoms with Crippen molar-refractivity contribution in [1.82, 2.24) is 4.57 Å². The molecule has 0 saturated carbocycles. The standard InChI is InChI=1S/C16H14BrFN2/c17-16-13(2-1-3-14(16)18)10-20-7-6-12-5-4-11(9-19)8-15(12)20/h1-8H,9-10,19H2. The normalized spacial score (nSPS) is 11.2. The Labute approximate surface area is 125 Å². The first-order chi connectivity index (χ1) is 9.69. The van der Waals surface area contributed by atoms with Gasteiger partial charge in [-0.25, -0.2) is 4.39 Å². The molecule has 0 amide bonds. The average Bonchev–Trinajstić information content (AvgIpc) is 2.86. The minimum Gasteiger partial charge on any atom is -0.343 e. The van der Waals surface area contributed by atoms with Crippen LogP contribution in [0.3, 0.4) is 0 Å². The van der Waals surface area contributed by atoms with Gasteiger partial charge in [-0.05, 0) is 50.6 Å². The fraction of sp³-hybridized carbons (Fsp3) is 0.125. The van der Waals surface area contributed by atoms with Gasteiger partial charge in [-0.1, -0.05) is 24.3 Å². The number of fused-ring (bicyclic) bond motifs is 1. The highest BCUT2D eigenvalue weighted by Gasteiger charge is 2.08. The van der Waals surface area contributed by atoms with Crippen molar-refractivity contribution in [2.24, 2.45) is 5.73 Å². The molecule has 0 spiro atoms. The highest BCUT2D eigenvalue weighted by atomic mass is 79.9. The second kappa shape index (κ2) is 5.38. The number of halogens is 2. The van der Waals surface area contributed by atoms with E-state index in [0.29, 0.717) is 17.6 Å². The van der Waals surface area contributed by atoms with Crippen LogP contribution < -0.4 is 5.73 Å². The highest BCUT2D eigenvalue weighted by Crippen LogP contribution is 2.24. The molecule has 0 aliphatic carbocycles. The molecule has 0 radical (unpaired) electrons. The summed E-state index contributed by atoms with van der Waals surface area (Å²) < 4.78 is 16.2. The Bertz CT molecular complexity index is 764. The van der Waals surface area contributed by atoms with Gasteiger partial charge in [-0.15, -0.1) is 0 Å². The molecule has 0 unspecified atom stereocenters. The van der Waals surface area contributed by atoms with Gasteiger partial charge < -0.3 is 10.3 Å². The number of rotatable bonds is 3. The van der Waals surface area contributed by atoms with Gasteiger partial charge in [0.1, 0.15) is 5.82 Å². The van der Waals surface area contributed by atoms with Gasteiger partial charge >= 0.3 is 0 Å². The molecule has 1 aromatic heterocycles. The number of aromatic nitrogens is 1. The third-order valence-corrected chi connectivity index (χ3v) is 4.33. The van der Waals surface area contributed by atoms with E-state index in [-0.39, 0.29) is 5.82 Å². The van der Waals surface area contributed by atoms with Crippen molar-refractivity contribution < 1.29 is 4.39 Å². The van der Waals surface area contributed by atoms with Gasteiger partial charge in [-0.3, -0.25) is 0 Å². The monoisotopic (exact) mass is 332 g/mol. The molecule has 0 saturated heterocycles. The van der Waals surface area contributed by atoms with Crippen LogP contribution in [0.4, 0.5) is 4.39 Å². The number of hydrogen-bond donors (Lipinski definition) is 1. The molecule has 0 aliphatic rings. The third-order valence-electron chi connectivity index (χ3n) is 3.45. The highest BCUT2D eigenvalue weighted by molar-refractivity contribution is 9.10. The van der Waals surface area contributed by atoms with Crippen molar-refractivity contribution in [3.8, 4) is 0 Å². The lowest BCUT2D eigenvalue weighted by molar-refractivity contribution is 0.616. The van der Waals surface area contributed by atoms with Crippen LogP contribution in [0.25, 0.3) is 10.9 Å². The minimum absolute atomic E-state index is 0.235. The predicted molar refractivity (Wildman–Crippen MR) is 83.0 cm³/mol. The first-order valence-corrected chi connectivity index (χ1v) is 7.19. The van der Waals surface area contributed by atoms with E-state index in [2.05, 4.69) is 38.7 Å². The Morgan fingerprint density at radius 3 is 2.80 bits per heavy atom. The lowest BCUT2D eigenvalue weighted by Crippen LogP contribution is -2.01. The SMILES string of the molecule is NCc1ccc2ccn(Cc3cccc(F)c3Br)c2c1. The summed E-state index contributed by atoms with van der Waals surface area (Å²) in [5.74, 6) is -0.235. The maximum Gasteiger partial charge on any atom is 0.137 e. The summed E-state index contributed by atoms with van der Waals surface area (Å²) in [7, 11) is 0. The third kappa shape index (κ3) is 2.37. The van der Waals surface area contributed by atoms with E-state index in [1.807, 2.05) is 18.3 Å². The molecule has 4 heteroatoms. The van der Waals surface area contributed by atoms with Crippen LogP contribution in [0, 0.1) is 5.82 Å². The fourth-order valence-corrected chi connectivity index (χ4v) is 2.74. The molecule has 1 heterocycles. The topological polar surface area (TPSA) is 30.9 Å². The second-order valence-electron chi connectivity index (χ2n) is 4.75. The molecular formula is C16H14BrFN2. The Morgan fingerprint density at radius 1 is 1.15 bits per heavy atom. The zero-order valence-corrected chi connectivity index (χ0v) is 12.4. The maximum atomic E-state index is 13.6. The van der Waals surface area contributed by atoms with Crippen molar-refractivity contribution in [2.45, 2.75) is 13.1 Å². The predicted octanol–water partition coefficient (Wildman–Crippen LogP) is 4.05. The largest absolute Gasteiger partial charge is 0.343 e. The van der Waals surface area contributed by atoms with Crippen LogP contribution in [0.2, 0.25) is 0 Å². The molecule has 3 aromatic rings. The van der Waals surface area contributed by atoms with E-state index in [4.69, 9.17) is 5.73 Å². The molecule has 0 fully saturated rings. The number of nitrogens with zero attached hydrogens (tertiary/aromatic N) is 1.